The van der Waals surface area contributed by atoms with Crippen molar-refractivity contribution in [3.8, 4) is 0 Å². The van der Waals surface area contributed by atoms with Gasteiger partial charge in [0, 0.05) is 23.0 Å². The number of aromatic amines is 1. The maximum atomic E-state index is 11.5. The zero-order valence-electron chi connectivity index (χ0n) is 15.8. The van der Waals surface area contributed by atoms with Crippen LogP contribution in [0.3, 0.4) is 0 Å². The number of nitrogens with two attached hydrogens (primary N) is 1. The molecule has 0 aliphatic heterocycles. The second-order valence-electron chi connectivity index (χ2n) is 6.67. The molecule has 30 heavy (non-hydrogen) atoms. The third-order valence-electron chi connectivity index (χ3n) is 4.38. The first-order valence-corrected chi connectivity index (χ1v) is 11.4. The molecule has 0 bridgehead atoms. The van der Waals surface area contributed by atoms with Crippen molar-refractivity contribution in [1.82, 2.24) is 20.2 Å². The maximum absolute atomic E-state index is 11.5. The summed E-state index contributed by atoms with van der Waals surface area (Å²) >= 11 is 3.43. The fourth-order valence-corrected chi connectivity index (χ4v) is 3.96. The highest BCUT2D eigenvalue weighted by Gasteiger charge is 2.12. The molecule has 4 aromatic rings. The number of H-pyrrole nitrogens is 1. The van der Waals surface area contributed by atoms with Gasteiger partial charge in [-0.2, -0.15) is 10.1 Å². The molecule has 0 aliphatic rings. The highest BCUT2D eigenvalue weighted by atomic mass is 79.9. The first kappa shape index (κ1) is 20.3. The van der Waals surface area contributed by atoms with Gasteiger partial charge in [-0.1, -0.05) is 18.2 Å². The number of hydrogen-bond acceptors (Lipinski definition) is 7. The largest absolute Gasteiger partial charge is 0.339 e. The van der Waals surface area contributed by atoms with Gasteiger partial charge in [-0.05, 0) is 52.7 Å². The Kier molecular flexibility index (Phi) is 5.41. The lowest BCUT2D eigenvalue weighted by atomic mass is 10.2. The number of aryl methyl sites for hydroxylation is 1. The van der Waals surface area contributed by atoms with E-state index in [9.17, 15) is 8.42 Å². The monoisotopic (exact) mass is 487 g/mol. The van der Waals surface area contributed by atoms with E-state index in [0.29, 0.717) is 27.5 Å². The Morgan fingerprint density at radius 1 is 1.17 bits per heavy atom. The number of fused-ring (bicyclic) bond motifs is 1. The highest BCUT2D eigenvalue weighted by molar-refractivity contribution is 9.10. The molecular weight excluding hydrogens is 470 g/mol. The highest BCUT2D eigenvalue weighted by Crippen LogP contribution is 2.28. The van der Waals surface area contributed by atoms with E-state index in [-0.39, 0.29) is 5.75 Å². The molecular formula is C19H18BrN7O2S. The first-order valence-electron chi connectivity index (χ1n) is 8.88. The molecule has 0 atom stereocenters. The number of benzene rings is 2. The van der Waals surface area contributed by atoms with Crippen molar-refractivity contribution >= 4 is 60.0 Å². The van der Waals surface area contributed by atoms with Gasteiger partial charge in [0.05, 0.1) is 21.4 Å². The van der Waals surface area contributed by atoms with Crippen LogP contribution >= 0.6 is 15.9 Å². The normalized spacial score (nSPS) is 11.6. The molecule has 9 nitrogen and oxygen atoms in total. The summed E-state index contributed by atoms with van der Waals surface area (Å²) in [6, 6.07) is 12.8. The molecule has 2 aromatic heterocycles. The van der Waals surface area contributed by atoms with Crippen molar-refractivity contribution in [3.05, 3.63) is 64.4 Å². The van der Waals surface area contributed by atoms with Gasteiger partial charge in [-0.3, -0.25) is 5.10 Å². The minimum Gasteiger partial charge on any atom is -0.339 e. The predicted molar refractivity (Wildman–Crippen MR) is 120 cm³/mol. The Bertz CT molecular complexity index is 1340. The summed E-state index contributed by atoms with van der Waals surface area (Å²) in [5, 5.41) is 19.7. The number of primary sulfonamides is 1. The Balaban J connectivity index is 1.61. The van der Waals surface area contributed by atoms with Crippen LogP contribution in [0.15, 0.2) is 53.1 Å². The van der Waals surface area contributed by atoms with Gasteiger partial charge in [0.25, 0.3) is 0 Å². The number of sulfonamides is 1. The van der Waals surface area contributed by atoms with Crippen molar-refractivity contribution in [2.75, 3.05) is 10.6 Å². The zero-order chi connectivity index (χ0) is 21.3. The van der Waals surface area contributed by atoms with Crippen LogP contribution in [0, 0.1) is 6.92 Å². The Labute approximate surface area is 181 Å². The third-order valence-corrected chi connectivity index (χ3v) is 5.67. The third kappa shape index (κ3) is 4.58. The summed E-state index contributed by atoms with van der Waals surface area (Å²) in [5.41, 5.74) is 3.80. The van der Waals surface area contributed by atoms with Crippen LogP contribution in [0.1, 0.15) is 11.3 Å². The molecule has 0 saturated heterocycles. The lowest BCUT2D eigenvalue weighted by molar-refractivity contribution is 0.597. The fourth-order valence-electron chi connectivity index (χ4n) is 2.98. The van der Waals surface area contributed by atoms with Crippen LogP contribution in [-0.2, 0) is 15.8 Å². The average molecular weight is 488 g/mol. The molecule has 0 radical (unpaired) electrons. The Morgan fingerprint density at radius 3 is 2.77 bits per heavy atom. The van der Waals surface area contributed by atoms with Crippen LogP contribution in [0.5, 0.6) is 0 Å². The van der Waals surface area contributed by atoms with Gasteiger partial charge >= 0.3 is 0 Å². The lowest BCUT2D eigenvalue weighted by Gasteiger charge is -2.13. The molecule has 2 heterocycles. The van der Waals surface area contributed by atoms with Crippen LogP contribution in [0.4, 0.5) is 23.1 Å². The Hall–Kier alpha value is -3.02. The summed E-state index contributed by atoms with van der Waals surface area (Å²) in [4.78, 5) is 8.81. The van der Waals surface area contributed by atoms with Crippen LogP contribution in [-0.4, -0.2) is 28.6 Å². The van der Waals surface area contributed by atoms with E-state index in [2.05, 4.69) is 46.7 Å². The molecule has 11 heteroatoms. The quantitative estimate of drug-likeness (QED) is 0.325. The molecule has 4 rings (SSSR count). The second-order valence-corrected chi connectivity index (χ2v) is 9.14. The molecule has 0 spiro atoms. The van der Waals surface area contributed by atoms with Crippen molar-refractivity contribution in [1.29, 1.82) is 0 Å². The summed E-state index contributed by atoms with van der Waals surface area (Å²) in [6.07, 6.45) is 1.61. The number of hydrogen-bond donors (Lipinski definition) is 4. The van der Waals surface area contributed by atoms with E-state index in [0.717, 1.165) is 22.3 Å². The molecule has 0 amide bonds. The van der Waals surface area contributed by atoms with Crippen molar-refractivity contribution in [2.45, 2.75) is 12.7 Å². The lowest BCUT2D eigenvalue weighted by Crippen LogP contribution is -2.15. The van der Waals surface area contributed by atoms with E-state index < -0.39 is 10.0 Å². The van der Waals surface area contributed by atoms with Gasteiger partial charge in [-0.25, -0.2) is 18.5 Å². The van der Waals surface area contributed by atoms with Crippen LogP contribution in [0.2, 0.25) is 0 Å². The van der Waals surface area contributed by atoms with Gasteiger partial charge in [-0.15, -0.1) is 0 Å². The summed E-state index contributed by atoms with van der Waals surface area (Å²) in [7, 11) is -3.67. The molecule has 0 unspecified atom stereocenters. The molecule has 154 valence electrons. The summed E-state index contributed by atoms with van der Waals surface area (Å²) < 4.78 is 23.7. The zero-order valence-corrected chi connectivity index (χ0v) is 18.3. The minimum atomic E-state index is -3.67. The topological polar surface area (TPSA) is 139 Å². The number of nitrogens with one attached hydrogen (secondary N) is 3. The van der Waals surface area contributed by atoms with Gasteiger partial charge in [0.1, 0.15) is 5.82 Å². The van der Waals surface area contributed by atoms with E-state index in [1.165, 1.54) is 0 Å². The van der Waals surface area contributed by atoms with Gasteiger partial charge in [0.15, 0.2) is 0 Å². The van der Waals surface area contributed by atoms with E-state index >= 15 is 0 Å². The molecule has 5 N–H and O–H groups in total. The number of anilines is 4. The predicted octanol–water partition coefficient (Wildman–Crippen LogP) is 3.70. The Morgan fingerprint density at radius 2 is 1.97 bits per heavy atom. The minimum absolute atomic E-state index is 0.284. The molecule has 0 fully saturated rings. The van der Waals surface area contributed by atoms with E-state index in [1.807, 2.05) is 25.1 Å². The number of nitrogens with zero attached hydrogens (tertiary/aromatic N) is 3. The number of rotatable bonds is 6. The molecule has 0 aliphatic carbocycles. The van der Waals surface area contributed by atoms with Crippen LogP contribution < -0.4 is 15.8 Å². The molecule has 2 aromatic carbocycles. The van der Waals surface area contributed by atoms with Gasteiger partial charge in [0.2, 0.25) is 16.0 Å². The standard InChI is InChI=1S/C19H18BrN7O2S/c1-11-14-8-13(6-7-17(14)27-26-11)23-19-22-9-15(20)18(25-19)24-16-5-3-2-4-12(16)10-30(21,28)29/h2-9H,10H2,1H3,(H,26,27)(H2,21,28,29)(H2,22,23,24,25). The smallest absolute Gasteiger partial charge is 0.229 e. The first-order chi connectivity index (χ1) is 14.3. The van der Waals surface area contributed by atoms with E-state index in [4.69, 9.17) is 5.14 Å². The van der Waals surface area contributed by atoms with Crippen LogP contribution in [0.25, 0.3) is 10.9 Å². The number of halogens is 1. The average Bonchev–Trinajstić information content (AvgIpc) is 3.05. The van der Waals surface area contributed by atoms with Crippen molar-refractivity contribution in [2.24, 2.45) is 5.14 Å². The van der Waals surface area contributed by atoms with Crippen molar-refractivity contribution in [3.63, 3.8) is 0 Å². The number of para-hydroxylation sites is 1. The van der Waals surface area contributed by atoms with Crippen molar-refractivity contribution < 1.29 is 8.42 Å². The second kappa shape index (κ2) is 8.01. The summed E-state index contributed by atoms with van der Waals surface area (Å²) in [6.45, 7) is 1.93. The van der Waals surface area contributed by atoms with E-state index in [1.54, 1.807) is 30.5 Å². The number of aromatic nitrogens is 4. The molecule has 0 saturated carbocycles. The SMILES string of the molecule is Cc1n[nH]c2ccc(Nc3ncc(Br)c(Nc4ccccc4CS(N)(=O)=O)n3)cc12. The fraction of sp³-hybridized carbons (Fsp3) is 0.105. The van der Waals surface area contributed by atoms with Gasteiger partial charge < -0.3 is 10.6 Å². The summed E-state index contributed by atoms with van der Waals surface area (Å²) in [5.74, 6) is 0.577. The maximum Gasteiger partial charge on any atom is 0.229 e.